The number of aromatic nitrogens is 1. The van der Waals surface area contributed by atoms with Gasteiger partial charge in [0.25, 0.3) is 10.0 Å². The van der Waals surface area contributed by atoms with E-state index in [2.05, 4.69) is 15.0 Å². The molecule has 0 spiro atoms. The van der Waals surface area contributed by atoms with Gasteiger partial charge in [0.1, 0.15) is 5.82 Å². The number of sulfonamides is 1. The van der Waals surface area contributed by atoms with E-state index in [4.69, 9.17) is 0 Å². The van der Waals surface area contributed by atoms with Gasteiger partial charge < -0.3 is 5.32 Å². The topological polar surface area (TPSA) is 71.1 Å². The lowest BCUT2D eigenvalue weighted by Crippen LogP contribution is -2.13. The summed E-state index contributed by atoms with van der Waals surface area (Å²) in [4.78, 5) is 4.23. The second-order valence-electron chi connectivity index (χ2n) is 5.79. The molecule has 0 saturated heterocycles. The smallest absolute Gasteiger partial charge is 0.261 e. The van der Waals surface area contributed by atoms with Crippen LogP contribution < -0.4 is 10.0 Å². The molecule has 0 amide bonds. The maximum atomic E-state index is 13.2. The molecule has 0 atom stereocenters. The van der Waals surface area contributed by atoms with Gasteiger partial charge in [-0.1, -0.05) is 19.1 Å². The van der Waals surface area contributed by atoms with Gasteiger partial charge in [-0.05, 0) is 48.4 Å². The molecule has 0 aliphatic rings. The van der Waals surface area contributed by atoms with E-state index in [0.29, 0.717) is 11.5 Å². The van der Waals surface area contributed by atoms with Crippen LogP contribution in [0, 0.1) is 11.6 Å². The molecule has 0 bridgehead atoms. The Bertz CT molecular complexity index is 1040. The first-order valence-electron chi connectivity index (χ1n) is 8.17. The molecule has 0 fully saturated rings. The molecule has 140 valence electrons. The van der Waals surface area contributed by atoms with Crippen LogP contribution >= 0.6 is 0 Å². The number of hydrogen-bond acceptors (Lipinski definition) is 4. The maximum absolute atomic E-state index is 13.2. The highest BCUT2D eigenvalue weighted by molar-refractivity contribution is 7.92. The van der Waals surface area contributed by atoms with Crippen molar-refractivity contribution >= 4 is 27.2 Å². The van der Waals surface area contributed by atoms with Crippen molar-refractivity contribution in [3.05, 3.63) is 78.0 Å². The maximum Gasteiger partial charge on any atom is 0.261 e. The third kappa shape index (κ3) is 4.59. The van der Waals surface area contributed by atoms with Gasteiger partial charge in [-0.3, -0.25) is 4.72 Å². The van der Waals surface area contributed by atoms with E-state index in [1.165, 1.54) is 24.4 Å². The molecule has 1 heterocycles. The van der Waals surface area contributed by atoms with Gasteiger partial charge in [0.15, 0.2) is 11.6 Å². The SMILES string of the molecule is CCc1ccc(S(=O)(=O)Nc2ccc(Nc3ccc(F)c(F)c3)nc2)cc1. The fraction of sp³-hybridized carbons (Fsp3) is 0.105. The lowest BCUT2D eigenvalue weighted by molar-refractivity contribution is 0.509. The average Bonchev–Trinajstić information content (AvgIpc) is 2.66. The minimum Gasteiger partial charge on any atom is -0.340 e. The van der Waals surface area contributed by atoms with Gasteiger partial charge in [-0.15, -0.1) is 0 Å². The number of pyridine rings is 1. The van der Waals surface area contributed by atoms with Crippen molar-refractivity contribution in [1.82, 2.24) is 4.98 Å². The fourth-order valence-corrected chi connectivity index (χ4v) is 3.41. The number of rotatable bonds is 6. The van der Waals surface area contributed by atoms with Crippen LogP contribution in [0.25, 0.3) is 0 Å². The predicted molar refractivity (Wildman–Crippen MR) is 101 cm³/mol. The summed E-state index contributed by atoms with van der Waals surface area (Å²) in [5.74, 6) is -1.56. The standard InChI is InChI=1S/C19H17F2N3O2S/c1-2-13-3-7-16(8-4-13)27(25,26)24-15-6-10-19(22-12-15)23-14-5-9-17(20)18(21)11-14/h3-12,24H,2H2,1H3,(H,22,23). The molecule has 0 radical (unpaired) electrons. The Morgan fingerprint density at radius 1 is 0.926 bits per heavy atom. The Kier molecular flexibility index (Phi) is 5.36. The number of nitrogens with zero attached hydrogens (tertiary/aromatic N) is 1. The Labute approximate surface area is 156 Å². The highest BCUT2D eigenvalue weighted by Gasteiger charge is 2.14. The summed E-state index contributed by atoms with van der Waals surface area (Å²) < 4.78 is 53.5. The van der Waals surface area contributed by atoms with Crippen LogP contribution in [0.2, 0.25) is 0 Å². The zero-order valence-electron chi connectivity index (χ0n) is 14.4. The highest BCUT2D eigenvalue weighted by atomic mass is 32.2. The number of nitrogens with one attached hydrogen (secondary N) is 2. The molecular weight excluding hydrogens is 372 g/mol. The number of halogens is 2. The molecule has 3 aromatic rings. The molecule has 2 N–H and O–H groups in total. The Hall–Kier alpha value is -3.00. The Morgan fingerprint density at radius 2 is 1.63 bits per heavy atom. The van der Waals surface area contributed by atoms with Crippen LogP contribution in [-0.4, -0.2) is 13.4 Å². The Balaban J connectivity index is 1.71. The van der Waals surface area contributed by atoms with Crippen molar-refractivity contribution in [2.75, 3.05) is 10.0 Å². The first-order chi connectivity index (χ1) is 12.9. The number of anilines is 3. The zero-order valence-corrected chi connectivity index (χ0v) is 15.2. The van der Waals surface area contributed by atoms with Crippen LogP contribution in [-0.2, 0) is 16.4 Å². The molecule has 2 aromatic carbocycles. The van der Waals surface area contributed by atoms with Crippen LogP contribution in [0.15, 0.2) is 65.7 Å². The summed E-state index contributed by atoms with van der Waals surface area (Å²) in [5.41, 5.74) is 1.65. The summed E-state index contributed by atoms with van der Waals surface area (Å²) in [6.45, 7) is 1.99. The summed E-state index contributed by atoms with van der Waals surface area (Å²) in [6.07, 6.45) is 2.16. The van der Waals surface area contributed by atoms with Gasteiger partial charge in [0.05, 0.1) is 16.8 Å². The van der Waals surface area contributed by atoms with E-state index in [1.54, 1.807) is 24.3 Å². The minimum atomic E-state index is -3.72. The summed E-state index contributed by atoms with van der Waals surface area (Å²) >= 11 is 0. The second-order valence-corrected chi connectivity index (χ2v) is 7.47. The molecule has 3 rings (SSSR count). The van der Waals surface area contributed by atoms with Crippen LogP contribution in [0.5, 0.6) is 0 Å². The lowest BCUT2D eigenvalue weighted by atomic mass is 10.2. The molecule has 0 unspecified atom stereocenters. The van der Waals surface area contributed by atoms with Gasteiger partial charge in [-0.2, -0.15) is 0 Å². The predicted octanol–water partition coefficient (Wildman–Crippen LogP) is 4.47. The van der Waals surface area contributed by atoms with Crippen molar-refractivity contribution < 1.29 is 17.2 Å². The molecule has 8 heteroatoms. The second kappa shape index (κ2) is 7.71. The van der Waals surface area contributed by atoms with Crippen LogP contribution in [0.3, 0.4) is 0 Å². The van der Waals surface area contributed by atoms with E-state index in [9.17, 15) is 17.2 Å². The van der Waals surface area contributed by atoms with E-state index in [0.717, 1.165) is 24.1 Å². The van der Waals surface area contributed by atoms with E-state index in [1.807, 2.05) is 6.92 Å². The largest absolute Gasteiger partial charge is 0.340 e. The van der Waals surface area contributed by atoms with Gasteiger partial charge in [-0.25, -0.2) is 22.2 Å². The average molecular weight is 389 g/mol. The summed E-state index contributed by atoms with van der Waals surface area (Å²) in [7, 11) is -3.72. The quantitative estimate of drug-likeness (QED) is 0.653. The lowest BCUT2D eigenvalue weighted by Gasteiger charge is -2.10. The van der Waals surface area contributed by atoms with Gasteiger partial charge in [0, 0.05) is 11.8 Å². The molecule has 27 heavy (non-hydrogen) atoms. The number of aryl methyl sites for hydroxylation is 1. The van der Waals surface area contributed by atoms with E-state index in [-0.39, 0.29) is 10.6 Å². The van der Waals surface area contributed by atoms with Gasteiger partial charge >= 0.3 is 0 Å². The highest BCUT2D eigenvalue weighted by Crippen LogP contribution is 2.20. The van der Waals surface area contributed by atoms with Crippen molar-refractivity contribution in [1.29, 1.82) is 0 Å². The third-order valence-electron chi connectivity index (χ3n) is 3.85. The molecular formula is C19H17F2N3O2S. The summed E-state index contributed by atoms with van der Waals surface area (Å²) in [5, 5.41) is 2.81. The summed E-state index contributed by atoms with van der Waals surface area (Å²) in [6, 6.07) is 13.1. The normalized spacial score (nSPS) is 11.2. The number of hydrogen-bond donors (Lipinski definition) is 2. The van der Waals surface area contributed by atoms with Crippen LogP contribution in [0.4, 0.5) is 26.0 Å². The third-order valence-corrected chi connectivity index (χ3v) is 5.25. The zero-order chi connectivity index (χ0) is 19.4. The first-order valence-corrected chi connectivity index (χ1v) is 9.65. The van der Waals surface area contributed by atoms with Crippen LogP contribution in [0.1, 0.15) is 12.5 Å². The van der Waals surface area contributed by atoms with Crippen molar-refractivity contribution in [2.45, 2.75) is 18.2 Å². The van der Waals surface area contributed by atoms with E-state index < -0.39 is 21.7 Å². The number of benzene rings is 2. The van der Waals surface area contributed by atoms with Gasteiger partial charge in [0.2, 0.25) is 0 Å². The monoisotopic (exact) mass is 389 g/mol. The fourth-order valence-electron chi connectivity index (χ4n) is 2.37. The van der Waals surface area contributed by atoms with Crippen molar-refractivity contribution in [3.63, 3.8) is 0 Å². The molecule has 0 saturated carbocycles. The molecule has 5 nitrogen and oxygen atoms in total. The van der Waals surface area contributed by atoms with Crippen molar-refractivity contribution in [3.8, 4) is 0 Å². The van der Waals surface area contributed by atoms with E-state index >= 15 is 0 Å². The Morgan fingerprint density at radius 3 is 2.22 bits per heavy atom. The molecule has 0 aliphatic heterocycles. The minimum absolute atomic E-state index is 0.156. The molecule has 1 aromatic heterocycles. The van der Waals surface area contributed by atoms with Crippen molar-refractivity contribution in [2.24, 2.45) is 0 Å². The first kappa shape index (κ1) is 18.8. The molecule has 0 aliphatic carbocycles.